The summed E-state index contributed by atoms with van der Waals surface area (Å²) < 4.78 is 6.36. The van der Waals surface area contributed by atoms with Crippen molar-refractivity contribution in [2.75, 3.05) is 0 Å². The second-order valence-corrected chi connectivity index (χ2v) is 4.19. The number of carbonyl (C=O) groups is 3. The third-order valence-electron chi connectivity index (χ3n) is 2.58. The molecule has 1 atom stereocenters. The number of carbonyl (C=O) groups excluding carboxylic acids is 3. The van der Waals surface area contributed by atoms with Crippen LogP contribution in [0.4, 0.5) is 0 Å². The van der Waals surface area contributed by atoms with Crippen molar-refractivity contribution >= 4 is 23.6 Å². The molecule has 19 heavy (non-hydrogen) atoms. The number of aromatic nitrogens is 2. The van der Waals surface area contributed by atoms with Crippen molar-refractivity contribution in [1.82, 2.24) is 9.78 Å². The lowest BCUT2D eigenvalue weighted by Gasteiger charge is -2.15. The molecule has 6 nitrogen and oxygen atoms in total. The van der Waals surface area contributed by atoms with E-state index in [9.17, 15) is 14.4 Å². The van der Waals surface area contributed by atoms with Crippen molar-refractivity contribution in [2.24, 2.45) is 13.0 Å². The first-order valence-corrected chi connectivity index (χ1v) is 5.62. The molecule has 1 aromatic heterocycles. The van der Waals surface area contributed by atoms with Gasteiger partial charge in [-0.1, -0.05) is 0 Å². The SMILES string of the molecule is CC1=CC(=O)[C@@H](C(=O)/C=C\c2cnn(C)c2)C(=O)O1. The Morgan fingerprint density at radius 1 is 1.47 bits per heavy atom. The van der Waals surface area contributed by atoms with E-state index in [0.717, 1.165) is 6.08 Å². The molecule has 0 saturated heterocycles. The number of esters is 1. The number of allylic oxidation sites excluding steroid dienone is 3. The van der Waals surface area contributed by atoms with Gasteiger partial charge in [0.05, 0.1) is 6.20 Å². The monoisotopic (exact) mass is 260 g/mol. The molecule has 0 fully saturated rings. The highest BCUT2D eigenvalue weighted by molar-refractivity contribution is 6.25. The number of ketones is 2. The molecule has 0 radical (unpaired) electrons. The zero-order valence-electron chi connectivity index (χ0n) is 10.5. The first-order valence-electron chi connectivity index (χ1n) is 5.62. The molecule has 1 aliphatic heterocycles. The summed E-state index contributed by atoms with van der Waals surface area (Å²) in [5, 5.41) is 3.93. The minimum absolute atomic E-state index is 0.204. The predicted octanol–water partition coefficient (Wildman–Crippen LogP) is 0.648. The second-order valence-electron chi connectivity index (χ2n) is 4.19. The molecule has 0 spiro atoms. The predicted molar refractivity (Wildman–Crippen MR) is 65.6 cm³/mol. The minimum atomic E-state index is -1.39. The lowest BCUT2D eigenvalue weighted by molar-refractivity contribution is -0.151. The zero-order chi connectivity index (χ0) is 14.0. The highest BCUT2D eigenvalue weighted by Gasteiger charge is 2.36. The van der Waals surface area contributed by atoms with Crippen LogP contribution in [0.15, 0.2) is 30.3 Å². The van der Waals surface area contributed by atoms with Gasteiger partial charge in [-0.25, -0.2) is 0 Å². The van der Waals surface area contributed by atoms with Crippen LogP contribution in [0.2, 0.25) is 0 Å². The summed E-state index contributed by atoms with van der Waals surface area (Å²) in [6.07, 6.45) is 7.11. The molecule has 1 aromatic rings. The first kappa shape index (κ1) is 12.9. The number of ether oxygens (including phenoxy) is 1. The van der Waals surface area contributed by atoms with E-state index in [2.05, 4.69) is 5.10 Å². The molecule has 0 saturated carbocycles. The molecule has 0 unspecified atom stereocenters. The molecular weight excluding hydrogens is 248 g/mol. The topological polar surface area (TPSA) is 78.3 Å². The van der Waals surface area contributed by atoms with Crippen molar-refractivity contribution in [3.8, 4) is 0 Å². The van der Waals surface area contributed by atoms with Crippen LogP contribution >= 0.6 is 0 Å². The van der Waals surface area contributed by atoms with Gasteiger partial charge in [0, 0.05) is 24.9 Å². The summed E-state index contributed by atoms with van der Waals surface area (Å²) >= 11 is 0. The average Bonchev–Trinajstić information content (AvgIpc) is 2.71. The lowest BCUT2D eigenvalue weighted by Crippen LogP contribution is -2.34. The summed E-state index contributed by atoms with van der Waals surface area (Å²) in [6, 6.07) is 0. The van der Waals surface area contributed by atoms with E-state index in [0.29, 0.717) is 5.56 Å². The molecule has 98 valence electrons. The van der Waals surface area contributed by atoms with Crippen LogP contribution in [-0.4, -0.2) is 27.3 Å². The third kappa shape index (κ3) is 2.85. The molecule has 2 rings (SSSR count). The number of nitrogens with zero attached hydrogens (tertiary/aromatic N) is 2. The van der Waals surface area contributed by atoms with Gasteiger partial charge in [-0.05, 0) is 19.1 Å². The van der Waals surface area contributed by atoms with Crippen LogP contribution in [0, 0.1) is 5.92 Å². The van der Waals surface area contributed by atoms with Crippen molar-refractivity contribution in [1.29, 1.82) is 0 Å². The highest BCUT2D eigenvalue weighted by Crippen LogP contribution is 2.16. The van der Waals surface area contributed by atoms with E-state index in [1.165, 1.54) is 19.1 Å². The summed E-state index contributed by atoms with van der Waals surface area (Å²) in [6.45, 7) is 1.49. The number of rotatable bonds is 3. The molecule has 2 heterocycles. The van der Waals surface area contributed by atoms with Gasteiger partial charge >= 0.3 is 5.97 Å². The van der Waals surface area contributed by atoms with Crippen LogP contribution in [0.1, 0.15) is 12.5 Å². The standard InChI is InChI=1S/C13H12N2O4/c1-8-5-11(17)12(13(18)19-8)10(16)4-3-9-6-14-15(2)7-9/h3-7,12H,1-2H3/b4-3-/t12-/m1/s1. The van der Waals surface area contributed by atoms with E-state index in [1.807, 2.05) is 0 Å². The van der Waals surface area contributed by atoms with Gasteiger partial charge in [0.2, 0.25) is 0 Å². The molecule has 0 amide bonds. The van der Waals surface area contributed by atoms with E-state index < -0.39 is 23.5 Å². The molecule has 1 aliphatic rings. The molecular formula is C13H12N2O4. The largest absolute Gasteiger partial charge is 0.430 e. The Morgan fingerprint density at radius 2 is 2.21 bits per heavy atom. The van der Waals surface area contributed by atoms with Gasteiger partial charge in [0.1, 0.15) is 5.76 Å². The van der Waals surface area contributed by atoms with Crippen LogP contribution < -0.4 is 0 Å². The normalized spacial score (nSPS) is 19.5. The Hall–Kier alpha value is -2.50. The van der Waals surface area contributed by atoms with Crippen molar-refractivity contribution in [2.45, 2.75) is 6.92 Å². The minimum Gasteiger partial charge on any atom is -0.430 e. The third-order valence-corrected chi connectivity index (χ3v) is 2.58. The maximum atomic E-state index is 11.8. The van der Waals surface area contributed by atoms with E-state index in [4.69, 9.17) is 4.74 Å². The van der Waals surface area contributed by atoms with Gasteiger partial charge in [0.25, 0.3) is 0 Å². The smallest absolute Gasteiger partial charge is 0.329 e. The fraction of sp³-hybridized carbons (Fsp3) is 0.231. The van der Waals surface area contributed by atoms with Gasteiger partial charge in [-0.15, -0.1) is 0 Å². The van der Waals surface area contributed by atoms with E-state index in [-0.39, 0.29) is 5.76 Å². The summed E-state index contributed by atoms with van der Waals surface area (Å²) in [5.41, 5.74) is 0.708. The van der Waals surface area contributed by atoms with Crippen LogP contribution in [0.5, 0.6) is 0 Å². The summed E-state index contributed by atoms with van der Waals surface area (Å²) in [4.78, 5) is 35.0. The Kier molecular flexibility index (Phi) is 3.41. The van der Waals surface area contributed by atoms with Crippen molar-refractivity contribution in [3.63, 3.8) is 0 Å². The summed E-state index contributed by atoms with van der Waals surface area (Å²) in [5.74, 6) is -3.16. The number of aryl methyl sites for hydroxylation is 1. The van der Waals surface area contributed by atoms with Gasteiger partial charge in [-0.2, -0.15) is 5.10 Å². The Labute approximate surface area is 109 Å². The maximum absolute atomic E-state index is 11.8. The number of cyclic esters (lactones) is 1. The van der Waals surface area contributed by atoms with Crippen LogP contribution in [0.25, 0.3) is 6.08 Å². The fourth-order valence-corrected chi connectivity index (χ4v) is 1.70. The van der Waals surface area contributed by atoms with Crippen LogP contribution in [0.3, 0.4) is 0 Å². The average molecular weight is 260 g/mol. The molecule has 0 aliphatic carbocycles. The van der Waals surface area contributed by atoms with Gasteiger partial charge < -0.3 is 4.74 Å². The Balaban J connectivity index is 2.14. The van der Waals surface area contributed by atoms with Gasteiger partial charge in [0.15, 0.2) is 17.5 Å². The van der Waals surface area contributed by atoms with Crippen molar-refractivity contribution < 1.29 is 19.1 Å². The van der Waals surface area contributed by atoms with E-state index in [1.54, 1.807) is 24.1 Å². The molecule has 6 heteroatoms. The molecule has 0 aromatic carbocycles. The van der Waals surface area contributed by atoms with Gasteiger partial charge in [-0.3, -0.25) is 19.1 Å². The molecule has 0 bridgehead atoms. The maximum Gasteiger partial charge on any atom is 0.329 e. The lowest BCUT2D eigenvalue weighted by atomic mass is 9.96. The second kappa shape index (κ2) is 5.01. The number of hydrogen-bond donors (Lipinski definition) is 0. The Bertz CT molecular complexity index is 610. The fourth-order valence-electron chi connectivity index (χ4n) is 1.70. The number of hydrogen-bond acceptors (Lipinski definition) is 5. The quantitative estimate of drug-likeness (QED) is 0.453. The van der Waals surface area contributed by atoms with Crippen LogP contribution in [-0.2, 0) is 26.2 Å². The first-order chi connectivity index (χ1) is 8.97. The summed E-state index contributed by atoms with van der Waals surface area (Å²) in [7, 11) is 1.74. The van der Waals surface area contributed by atoms with E-state index >= 15 is 0 Å². The molecule has 0 N–H and O–H groups in total. The highest BCUT2D eigenvalue weighted by atomic mass is 16.5. The Morgan fingerprint density at radius 3 is 2.79 bits per heavy atom. The van der Waals surface area contributed by atoms with Crippen molar-refractivity contribution in [3.05, 3.63) is 35.9 Å². The zero-order valence-corrected chi connectivity index (χ0v) is 10.5.